The van der Waals surface area contributed by atoms with Crippen molar-refractivity contribution in [1.29, 1.82) is 0 Å². The molecule has 0 saturated carbocycles. The number of hydrogen-bond acceptors (Lipinski definition) is 5. The van der Waals surface area contributed by atoms with Gasteiger partial charge in [0.05, 0.1) is 5.69 Å². The lowest BCUT2D eigenvalue weighted by Gasteiger charge is -2.33. The fourth-order valence-corrected chi connectivity index (χ4v) is 4.73. The second-order valence-electron chi connectivity index (χ2n) is 7.83. The number of nitrogens with zero attached hydrogens (tertiary/aromatic N) is 4. The lowest BCUT2D eigenvalue weighted by atomic mass is 10.1. The van der Waals surface area contributed by atoms with Crippen LogP contribution in [0.4, 0.5) is 0 Å². The SMILES string of the molecule is CCN1CCN(CCCn2nc(-c3ccccc3)cc(Cc3cccs3)c2=O)CC1. The molecule has 0 spiro atoms. The Labute approximate surface area is 182 Å². The van der Waals surface area contributed by atoms with E-state index in [4.69, 9.17) is 5.10 Å². The fraction of sp³-hybridized carbons (Fsp3) is 0.417. The lowest BCUT2D eigenvalue weighted by Crippen LogP contribution is -2.46. The molecule has 6 heteroatoms. The van der Waals surface area contributed by atoms with E-state index in [1.807, 2.05) is 30.3 Å². The molecule has 158 valence electrons. The van der Waals surface area contributed by atoms with Crippen LogP contribution >= 0.6 is 11.3 Å². The number of rotatable bonds is 8. The lowest BCUT2D eigenvalue weighted by molar-refractivity contribution is 0.134. The van der Waals surface area contributed by atoms with Gasteiger partial charge in [0.15, 0.2) is 0 Å². The van der Waals surface area contributed by atoms with Gasteiger partial charge in [-0.05, 0) is 30.5 Å². The van der Waals surface area contributed by atoms with E-state index < -0.39 is 0 Å². The largest absolute Gasteiger partial charge is 0.301 e. The molecule has 1 aliphatic heterocycles. The first-order chi connectivity index (χ1) is 14.7. The number of thiophene rings is 1. The normalized spacial score (nSPS) is 15.5. The maximum absolute atomic E-state index is 13.1. The molecular weight excluding hydrogens is 392 g/mol. The van der Waals surface area contributed by atoms with Gasteiger partial charge in [0.1, 0.15) is 0 Å². The first-order valence-corrected chi connectivity index (χ1v) is 11.7. The van der Waals surface area contributed by atoms with Gasteiger partial charge >= 0.3 is 0 Å². The van der Waals surface area contributed by atoms with Crippen LogP contribution in [0.1, 0.15) is 23.8 Å². The van der Waals surface area contributed by atoms with Crippen LogP contribution in [-0.2, 0) is 13.0 Å². The third-order valence-electron chi connectivity index (χ3n) is 5.82. The molecule has 3 heterocycles. The summed E-state index contributed by atoms with van der Waals surface area (Å²) in [5, 5.41) is 6.78. The highest BCUT2D eigenvalue weighted by molar-refractivity contribution is 7.09. The van der Waals surface area contributed by atoms with Gasteiger partial charge in [-0.2, -0.15) is 5.10 Å². The van der Waals surface area contributed by atoms with Crippen molar-refractivity contribution in [2.24, 2.45) is 0 Å². The fourth-order valence-electron chi connectivity index (χ4n) is 4.00. The highest BCUT2D eigenvalue weighted by Gasteiger charge is 2.16. The van der Waals surface area contributed by atoms with Crippen molar-refractivity contribution in [2.45, 2.75) is 26.3 Å². The summed E-state index contributed by atoms with van der Waals surface area (Å²) >= 11 is 1.69. The van der Waals surface area contributed by atoms with Gasteiger partial charge in [-0.25, -0.2) is 4.68 Å². The average molecular weight is 423 g/mol. The zero-order valence-corrected chi connectivity index (χ0v) is 18.5. The van der Waals surface area contributed by atoms with E-state index in [0.29, 0.717) is 13.0 Å². The maximum Gasteiger partial charge on any atom is 0.270 e. The Bertz CT molecular complexity index is 976. The Hall–Kier alpha value is -2.28. The topological polar surface area (TPSA) is 41.4 Å². The van der Waals surface area contributed by atoms with Crippen LogP contribution in [0.5, 0.6) is 0 Å². The highest BCUT2D eigenvalue weighted by Crippen LogP contribution is 2.19. The summed E-state index contributed by atoms with van der Waals surface area (Å²) in [6, 6.07) is 16.2. The van der Waals surface area contributed by atoms with E-state index in [1.54, 1.807) is 16.0 Å². The Morgan fingerprint density at radius 3 is 2.43 bits per heavy atom. The van der Waals surface area contributed by atoms with Gasteiger partial charge in [0, 0.05) is 61.7 Å². The van der Waals surface area contributed by atoms with Crippen LogP contribution in [0.15, 0.2) is 58.7 Å². The quantitative estimate of drug-likeness (QED) is 0.556. The van der Waals surface area contributed by atoms with Gasteiger partial charge in [-0.1, -0.05) is 43.3 Å². The molecule has 4 rings (SSSR count). The van der Waals surface area contributed by atoms with E-state index >= 15 is 0 Å². The van der Waals surface area contributed by atoms with E-state index in [0.717, 1.165) is 62.5 Å². The van der Waals surface area contributed by atoms with Crippen LogP contribution in [0.3, 0.4) is 0 Å². The minimum absolute atomic E-state index is 0.0406. The molecule has 2 aromatic heterocycles. The number of aromatic nitrogens is 2. The molecule has 0 bridgehead atoms. The molecule has 0 aliphatic carbocycles. The molecule has 1 fully saturated rings. The van der Waals surface area contributed by atoms with E-state index in [-0.39, 0.29) is 5.56 Å². The second kappa shape index (κ2) is 10.2. The van der Waals surface area contributed by atoms with Crippen LogP contribution in [-0.4, -0.2) is 58.8 Å². The van der Waals surface area contributed by atoms with Crippen LogP contribution in [0, 0.1) is 0 Å². The molecule has 0 atom stereocenters. The van der Waals surface area contributed by atoms with Crippen molar-refractivity contribution in [1.82, 2.24) is 19.6 Å². The van der Waals surface area contributed by atoms with Crippen LogP contribution < -0.4 is 5.56 Å². The number of piperazine rings is 1. The van der Waals surface area contributed by atoms with Gasteiger partial charge < -0.3 is 9.80 Å². The van der Waals surface area contributed by atoms with Crippen LogP contribution in [0.2, 0.25) is 0 Å². The Balaban J connectivity index is 1.50. The second-order valence-corrected chi connectivity index (χ2v) is 8.87. The summed E-state index contributed by atoms with van der Waals surface area (Å²) in [6.07, 6.45) is 1.60. The maximum atomic E-state index is 13.1. The zero-order chi connectivity index (χ0) is 20.8. The molecule has 3 aromatic rings. The van der Waals surface area contributed by atoms with Gasteiger partial charge in [0.25, 0.3) is 5.56 Å². The van der Waals surface area contributed by atoms with Crippen molar-refractivity contribution < 1.29 is 0 Å². The van der Waals surface area contributed by atoms with E-state index in [1.165, 1.54) is 4.88 Å². The summed E-state index contributed by atoms with van der Waals surface area (Å²) in [6.45, 7) is 9.54. The Kier molecular flexibility index (Phi) is 7.10. The van der Waals surface area contributed by atoms with Crippen molar-refractivity contribution >= 4 is 11.3 Å². The monoisotopic (exact) mass is 422 g/mol. The number of aryl methyl sites for hydroxylation is 1. The summed E-state index contributed by atoms with van der Waals surface area (Å²) in [5.41, 5.74) is 2.79. The van der Waals surface area contributed by atoms with Crippen molar-refractivity contribution in [3.8, 4) is 11.3 Å². The molecule has 0 N–H and O–H groups in total. The zero-order valence-electron chi connectivity index (χ0n) is 17.7. The summed E-state index contributed by atoms with van der Waals surface area (Å²) in [5.74, 6) is 0. The summed E-state index contributed by atoms with van der Waals surface area (Å²) < 4.78 is 1.69. The molecular formula is C24H30N4OS. The average Bonchev–Trinajstić information content (AvgIpc) is 3.30. The molecule has 1 saturated heterocycles. The van der Waals surface area contributed by atoms with Gasteiger partial charge in [-0.3, -0.25) is 4.79 Å². The third kappa shape index (κ3) is 5.25. The summed E-state index contributed by atoms with van der Waals surface area (Å²) in [7, 11) is 0. The standard InChI is InChI=1S/C24H30N4OS/c1-2-26-13-15-27(16-14-26)11-7-12-28-24(29)21(18-22-10-6-17-30-22)19-23(25-28)20-8-4-3-5-9-20/h3-6,8-10,17,19H,2,7,11-16,18H2,1H3. The first-order valence-electron chi connectivity index (χ1n) is 10.9. The predicted molar refractivity (Wildman–Crippen MR) is 124 cm³/mol. The number of likely N-dealkylation sites (N-methyl/N-ethyl adjacent to an activating group) is 1. The molecule has 1 aliphatic rings. The Morgan fingerprint density at radius 2 is 1.73 bits per heavy atom. The van der Waals surface area contributed by atoms with Crippen molar-refractivity contribution in [3.63, 3.8) is 0 Å². The molecule has 0 unspecified atom stereocenters. The molecule has 5 nitrogen and oxygen atoms in total. The summed E-state index contributed by atoms with van der Waals surface area (Å²) in [4.78, 5) is 19.3. The molecule has 0 amide bonds. The smallest absolute Gasteiger partial charge is 0.270 e. The minimum Gasteiger partial charge on any atom is -0.301 e. The van der Waals surface area contributed by atoms with Gasteiger partial charge in [-0.15, -0.1) is 11.3 Å². The predicted octanol–water partition coefficient (Wildman–Crippen LogP) is 3.59. The van der Waals surface area contributed by atoms with E-state index in [9.17, 15) is 4.79 Å². The Morgan fingerprint density at radius 1 is 0.967 bits per heavy atom. The minimum atomic E-state index is 0.0406. The number of benzene rings is 1. The van der Waals surface area contributed by atoms with Crippen molar-refractivity contribution in [3.05, 3.63) is 74.7 Å². The highest BCUT2D eigenvalue weighted by atomic mass is 32.1. The molecule has 1 aromatic carbocycles. The van der Waals surface area contributed by atoms with E-state index in [2.05, 4.69) is 40.3 Å². The van der Waals surface area contributed by atoms with Crippen LogP contribution in [0.25, 0.3) is 11.3 Å². The molecule has 0 radical (unpaired) electrons. The number of hydrogen-bond donors (Lipinski definition) is 0. The third-order valence-corrected chi connectivity index (χ3v) is 6.70. The first kappa shape index (κ1) is 21.0. The molecule has 30 heavy (non-hydrogen) atoms. The van der Waals surface area contributed by atoms with Gasteiger partial charge in [0.2, 0.25) is 0 Å². The van der Waals surface area contributed by atoms with Crippen molar-refractivity contribution in [2.75, 3.05) is 39.3 Å².